The van der Waals surface area contributed by atoms with Crippen LogP contribution in [0, 0.1) is 0 Å². The zero-order chi connectivity index (χ0) is 15.5. The lowest BCUT2D eigenvalue weighted by Crippen LogP contribution is -2.53. The van der Waals surface area contributed by atoms with Gasteiger partial charge >= 0.3 is 0 Å². The van der Waals surface area contributed by atoms with E-state index in [0.717, 1.165) is 0 Å². The molecule has 0 aromatic rings. The van der Waals surface area contributed by atoms with Crippen LogP contribution in [-0.2, 0) is 19.2 Å². The van der Waals surface area contributed by atoms with Crippen LogP contribution in [0.4, 0.5) is 0 Å². The molecule has 0 unspecified atom stereocenters. The topological polar surface area (TPSA) is 133 Å². The van der Waals surface area contributed by atoms with E-state index in [0.29, 0.717) is 19.6 Å². The zero-order valence-corrected chi connectivity index (χ0v) is 11.4. The first kappa shape index (κ1) is 18.0. The Hall–Kier alpha value is -2.00. The molecule has 0 bridgehead atoms. The maximum Gasteiger partial charge on any atom is 0.290 e. The number of carboxylic acid groups (broad SMARTS) is 1. The highest BCUT2D eigenvalue weighted by Crippen LogP contribution is 1.96. The fourth-order valence-corrected chi connectivity index (χ4v) is 1.71. The molecular formula is C11H20N4O5. The van der Waals surface area contributed by atoms with Gasteiger partial charge < -0.3 is 10.8 Å². The number of likely N-dealkylation sites (N-methyl/N-ethyl adjacent to an activating group) is 1. The summed E-state index contributed by atoms with van der Waals surface area (Å²) in [6.07, 6.45) is 0. The van der Waals surface area contributed by atoms with Crippen molar-refractivity contribution >= 4 is 24.2 Å². The molecule has 0 aromatic carbocycles. The highest BCUT2D eigenvalue weighted by atomic mass is 16.3. The van der Waals surface area contributed by atoms with E-state index in [-0.39, 0.29) is 43.8 Å². The zero-order valence-electron chi connectivity index (χ0n) is 11.4. The van der Waals surface area contributed by atoms with Crippen LogP contribution in [0.3, 0.4) is 0 Å². The number of amides is 3. The van der Waals surface area contributed by atoms with Gasteiger partial charge in [0.25, 0.3) is 6.47 Å². The molecule has 114 valence electrons. The second kappa shape index (κ2) is 9.87. The highest BCUT2D eigenvalue weighted by molar-refractivity contribution is 5.99. The predicted molar refractivity (Wildman–Crippen MR) is 69.6 cm³/mol. The number of imide groups is 1. The molecule has 1 fully saturated rings. The average Bonchev–Trinajstić information content (AvgIpc) is 2.34. The van der Waals surface area contributed by atoms with E-state index in [1.807, 2.05) is 11.8 Å². The van der Waals surface area contributed by atoms with Crippen LogP contribution in [-0.4, -0.2) is 78.4 Å². The van der Waals surface area contributed by atoms with Gasteiger partial charge in [-0.2, -0.15) is 0 Å². The van der Waals surface area contributed by atoms with Crippen LogP contribution in [0.1, 0.15) is 6.92 Å². The van der Waals surface area contributed by atoms with Crippen molar-refractivity contribution < 1.29 is 24.3 Å². The standard InChI is InChI=1S/C10H18N4O3.CH2O2/c1-2-13(5-8(11)15)3-4-14-6-9(16)12-10(17)7-14;2-1-3/h2-7H2,1H3,(H2,11,15)(H,12,16,17);1H,(H,2,3). The van der Waals surface area contributed by atoms with E-state index >= 15 is 0 Å². The minimum absolute atomic E-state index is 0.199. The maximum absolute atomic E-state index is 11.1. The molecule has 0 aliphatic carbocycles. The van der Waals surface area contributed by atoms with Crippen molar-refractivity contribution in [2.45, 2.75) is 6.92 Å². The number of carbonyl (C=O) groups excluding carboxylic acids is 3. The lowest BCUT2D eigenvalue weighted by atomic mass is 10.3. The summed E-state index contributed by atoms with van der Waals surface area (Å²) in [6, 6.07) is 0. The molecule has 1 heterocycles. The Balaban J connectivity index is 0.00000110. The SMILES string of the molecule is CCN(CCN1CC(=O)NC(=O)C1)CC(N)=O.O=CO. The van der Waals surface area contributed by atoms with Crippen molar-refractivity contribution in [3.8, 4) is 0 Å². The maximum atomic E-state index is 11.1. The smallest absolute Gasteiger partial charge is 0.290 e. The van der Waals surface area contributed by atoms with Crippen molar-refractivity contribution in [1.29, 1.82) is 0 Å². The van der Waals surface area contributed by atoms with Gasteiger partial charge in [0.2, 0.25) is 17.7 Å². The van der Waals surface area contributed by atoms with Gasteiger partial charge in [0.05, 0.1) is 19.6 Å². The Morgan fingerprint density at radius 2 is 1.95 bits per heavy atom. The Labute approximate surface area is 116 Å². The number of hydrogen-bond donors (Lipinski definition) is 3. The second-order valence-corrected chi connectivity index (χ2v) is 4.12. The number of nitrogens with two attached hydrogens (primary N) is 1. The van der Waals surface area contributed by atoms with Gasteiger partial charge in [-0.3, -0.25) is 34.3 Å². The summed E-state index contributed by atoms with van der Waals surface area (Å²) >= 11 is 0. The third kappa shape index (κ3) is 8.16. The van der Waals surface area contributed by atoms with Crippen LogP contribution in [0.25, 0.3) is 0 Å². The minimum Gasteiger partial charge on any atom is -0.483 e. The molecule has 1 saturated heterocycles. The molecule has 1 rings (SSSR count). The van der Waals surface area contributed by atoms with E-state index in [9.17, 15) is 14.4 Å². The third-order valence-electron chi connectivity index (χ3n) is 2.57. The molecule has 20 heavy (non-hydrogen) atoms. The van der Waals surface area contributed by atoms with Crippen molar-refractivity contribution in [2.75, 3.05) is 39.3 Å². The molecule has 0 spiro atoms. The fraction of sp³-hybridized carbons (Fsp3) is 0.636. The van der Waals surface area contributed by atoms with E-state index in [1.54, 1.807) is 4.90 Å². The number of primary amides is 1. The first-order valence-electron chi connectivity index (χ1n) is 6.06. The highest BCUT2D eigenvalue weighted by Gasteiger charge is 2.22. The molecule has 0 atom stereocenters. The molecule has 0 aromatic heterocycles. The molecular weight excluding hydrogens is 268 g/mol. The number of carbonyl (C=O) groups is 4. The van der Waals surface area contributed by atoms with Gasteiger partial charge in [-0.15, -0.1) is 0 Å². The van der Waals surface area contributed by atoms with Gasteiger partial charge in [-0.05, 0) is 6.54 Å². The summed E-state index contributed by atoms with van der Waals surface area (Å²) in [5.74, 6) is -0.933. The molecule has 1 aliphatic rings. The lowest BCUT2D eigenvalue weighted by Gasteiger charge is -2.27. The number of nitrogens with zero attached hydrogens (tertiary/aromatic N) is 2. The van der Waals surface area contributed by atoms with Gasteiger partial charge in [-0.25, -0.2) is 0 Å². The molecule has 0 radical (unpaired) electrons. The number of hydrogen-bond acceptors (Lipinski definition) is 6. The quantitative estimate of drug-likeness (QED) is 0.362. The first-order chi connectivity index (χ1) is 9.42. The Kier molecular flexibility index (Phi) is 8.88. The van der Waals surface area contributed by atoms with Crippen molar-refractivity contribution in [2.24, 2.45) is 5.73 Å². The van der Waals surface area contributed by atoms with Crippen molar-refractivity contribution in [3.63, 3.8) is 0 Å². The summed E-state index contributed by atoms with van der Waals surface area (Å²) in [7, 11) is 0. The van der Waals surface area contributed by atoms with Crippen LogP contribution in [0.5, 0.6) is 0 Å². The number of piperazine rings is 1. The first-order valence-corrected chi connectivity index (χ1v) is 6.06. The molecule has 3 amide bonds. The summed E-state index contributed by atoms with van der Waals surface area (Å²) in [5, 5.41) is 9.12. The Bertz CT molecular complexity index is 345. The minimum atomic E-state index is -0.376. The fourth-order valence-electron chi connectivity index (χ4n) is 1.71. The monoisotopic (exact) mass is 288 g/mol. The van der Waals surface area contributed by atoms with Crippen molar-refractivity contribution in [3.05, 3.63) is 0 Å². The van der Waals surface area contributed by atoms with Crippen LogP contribution in [0.2, 0.25) is 0 Å². The molecule has 9 heteroatoms. The van der Waals surface area contributed by atoms with Gasteiger partial charge in [0, 0.05) is 13.1 Å². The number of rotatable bonds is 6. The molecule has 1 aliphatic heterocycles. The molecule has 9 nitrogen and oxygen atoms in total. The normalized spacial score (nSPS) is 15.3. The Morgan fingerprint density at radius 3 is 2.35 bits per heavy atom. The van der Waals surface area contributed by atoms with Gasteiger partial charge in [0.1, 0.15) is 0 Å². The largest absolute Gasteiger partial charge is 0.483 e. The summed E-state index contributed by atoms with van der Waals surface area (Å²) in [5.41, 5.74) is 5.11. The average molecular weight is 288 g/mol. The molecule has 0 saturated carbocycles. The van der Waals surface area contributed by atoms with E-state index < -0.39 is 0 Å². The van der Waals surface area contributed by atoms with Gasteiger partial charge in [0.15, 0.2) is 0 Å². The van der Waals surface area contributed by atoms with Crippen LogP contribution >= 0.6 is 0 Å². The van der Waals surface area contributed by atoms with Gasteiger partial charge in [-0.1, -0.05) is 6.92 Å². The summed E-state index contributed by atoms with van der Waals surface area (Å²) < 4.78 is 0. The number of nitrogens with one attached hydrogen (secondary N) is 1. The van der Waals surface area contributed by atoms with Crippen molar-refractivity contribution in [1.82, 2.24) is 15.1 Å². The lowest BCUT2D eigenvalue weighted by molar-refractivity contribution is -0.136. The molecule has 4 N–H and O–H groups in total. The predicted octanol–water partition coefficient (Wildman–Crippen LogP) is -2.55. The summed E-state index contributed by atoms with van der Waals surface area (Å²) in [4.78, 5) is 45.0. The van der Waals surface area contributed by atoms with E-state index in [4.69, 9.17) is 15.6 Å². The summed E-state index contributed by atoms with van der Waals surface area (Å²) in [6.45, 7) is 4.21. The Morgan fingerprint density at radius 1 is 1.45 bits per heavy atom. The van der Waals surface area contributed by atoms with Crippen LogP contribution in [0.15, 0.2) is 0 Å². The van der Waals surface area contributed by atoms with E-state index in [1.165, 1.54) is 0 Å². The van der Waals surface area contributed by atoms with Crippen LogP contribution < -0.4 is 11.1 Å². The third-order valence-corrected chi connectivity index (χ3v) is 2.57. The second-order valence-electron chi connectivity index (χ2n) is 4.12. The van der Waals surface area contributed by atoms with E-state index in [2.05, 4.69) is 5.32 Å².